The van der Waals surface area contributed by atoms with Gasteiger partial charge in [0, 0.05) is 25.4 Å². The monoisotopic (exact) mass is 478 g/mol. The highest BCUT2D eigenvalue weighted by molar-refractivity contribution is 5.86. The zero-order valence-electron chi connectivity index (χ0n) is 20.4. The molecule has 2 aliphatic rings. The molecule has 1 saturated heterocycles. The van der Waals surface area contributed by atoms with Gasteiger partial charge in [-0.15, -0.1) is 0 Å². The number of hydrogen-bond acceptors (Lipinski definition) is 4. The van der Waals surface area contributed by atoms with Crippen LogP contribution in [0, 0.1) is 11.8 Å². The molecule has 0 bridgehead atoms. The van der Waals surface area contributed by atoms with Crippen molar-refractivity contribution in [2.45, 2.75) is 51.5 Å². The van der Waals surface area contributed by atoms with E-state index in [1.54, 1.807) is 4.90 Å². The summed E-state index contributed by atoms with van der Waals surface area (Å²) in [6.45, 7) is 5.37. The highest BCUT2D eigenvalue weighted by Crippen LogP contribution is 2.44. The molecule has 2 N–H and O–H groups in total. The molecule has 2 atom stereocenters. The van der Waals surface area contributed by atoms with Gasteiger partial charge in [0.05, 0.1) is 0 Å². The number of carboxylic acid groups (broad SMARTS) is 1. The number of amides is 2. The smallest absolute Gasteiger partial charge is 0.407 e. The quantitative estimate of drug-likeness (QED) is 0.518. The highest BCUT2D eigenvalue weighted by Gasteiger charge is 2.37. The number of rotatable bonds is 10. The molecule has 0 aromatic heterocycles. The van der Waals surface area contributed by atoms with Gasteiger partial charge in [0.15, 0.2) is 0 Å². The van der Waals surface area contributed by atoms with Crippen molar-refractivity contribution in [2.24, 2.45) is 11.8 Å². The molecule has 186 valence electrons. The maximum absolute atomic E-state index is 13.1. The fourth-order valence-electron chi connectivity index (χ4n) is 5.12. The lowest BCUT2D eigenvalue weighted by Crippen LogP contribution is -2.58. The van der Waals surface area contributed by atoms with Gasteiger partial charge < -0.3 is 20.1 Å². The lowest BCUT2D eigenvalue weighted by atomic mass is 9.90. The summed E-state index contributed by atoms with van der Waals surface area (Å²) in [4.78, 5) is 38.4. The summed E-state index contributed by atoms with van der Waals surface area (Å²) in [5.74, 6) is -0.629. The van der Waals surface area contributed by atoms with Gasteiger partial charge in [-0.1, -0.05) is 68.8 Å². The second-order valence-electron chi connectivity index (χ2n) is 9.73. The van der Waals surface area contributed by atoms with Crippen LogP contribution < -0.4 is 5.32 Å². The van der Waals surface area contributed by atoms with Gasteiger partial charge in [0.1, 0.15) is 12.6 Å². The van der Waals surface area contributed by atoms with E-state index in [-0.39, 0.29) is 30.8 Å². The Labute approximate surface area is 206 Å². The molecule has 35 heavy (non-hydrogen) atoms. The van der Waals surface area contributed by atoms with Crippen molar-refractivity contribution in [3.63, 3.8) is 0 Å². The van der Waals surface area contributed by atoms with Crippen molar-refractivity contribution in [1.29, 1.82) is 0 Å². The third-order valence-corrected chi connectivity index (χ3v) is 7.37. The Balaban J connectivity index is 1.33. The van der Waals surface area contributed by atoms with E-state index < -0.39 is 18.1 Å². The normalized spacial score (nSPS) is 16.6. The maximum atomic E-state index is 13.1. The molecule has 0 radical (unpaired) electrons. The van der Waals surface area contributed by atoms with Crippen LogP contribution in [0.3, 0.4) is 0 Å². The van der Waals surface area contributed by atoms with Crippen molar-refractivity contribution < 1.29 is 24.2 Å². The Hall–Kier alpha value is -3.35. The van der Waals surface area contributed by atoms with Gasteiger partial charge in [-0.3, -0.25) is 9.59 Å². The van der Waals surface area contributed by atoms with Crippen LogP contribution in [-0.2, 0) is 14.3 Å². The predicted molar refractivity (Wildman–Crippen MR) is 133 cm³/mol. The minimum Gasteiger partial charge on any atom is -0.481 e. The number of nitrogens with one attached hydrogen (secondary N) is 1. The number of carboxylic acids is 1. The molecular formula is C28H34N2O5. The number of carbonyl (C=O) groups excluding carboxylic acids is 2. The van der Waals surface area contributed by atoms with Crippen molar-refractivity contribution in [1.82, 2.24) is 10.2 Å². The number of carbonyl (C=O) groups is 3. The third kappa shape index (κ3) is 5.50. The summed E-state index contributed by atoms with van der Waals surface area (Å²) in [6.07, 6.45) is 1.74. The molecule has 4 rings (SSSR count). The molecular weight excluding hydrogens is 444 g/mol. The van der Waals surface area contributed by atoms with Crippen LogP contribution in [0.5, 0.6) is 0 Å². The number of likely N-dealkylation sites (tertiary alicyclic amines) is 1. The molecule has 2 amide bonds. The zero-order chi connectivity index (χ0) is 24.9. The number of aliphatic carboxylic acids is 1. The maximum Gasteiger partial charge on any atom is 0.407 e. The Morgan fingerprint density at radius 1 is 1.06 bits per heavy atom. The lowest BCUT2D eigenvalue weighted by Gasteiger charge is -2.42. The number of hydrogen-bond donors (Lipinski definition) is 2. The second-order valence-corrected chi connectivity index (χ2v) is 9.73. The van der Waals surface area contributed by atoms with Gasteiger partial charge in [-0.25, -0.2) is 4.79 Å². The second kappa shape index (κ2) is 10.9. The lowest BCUT2D eigenvalue weighted by molar-refractivity contribution is -0.142. The van der Waals surface area contributed by atoms with Crippen LogP contribution in [0.2, 0.25) is 0 Å². The molecule has 1 aliphatic carbocycles. The SMILES string of the molecule is CC[C@H](C)[C@H](NC(=O)OCC1c2ccccc2-c2ccccc21)C(=O)N1CC(CCCC(=O)O)C1. The first-order chi connectivity index (χ1) is 16.9. The van der Waals surface area contributed by atoms with Gasteiger partial charge in [0.2, 0.25) is 5.91 Å². The van der Waals surface area contributed by atoms with E-state index in [2.05, 4.69) is 29.6 Å². The summed E-state index contributed by atoms with van der Waals surface area (Å²) in [5.41, 5.74) is 4.62. The standard InChI is InChI=1S/C28H34N2O5/c1-3-18(2)26(27(33)30-15-19(16-30)9-8-14-25(31)32)29-28(34)35-17-24-22-12-6-4-10-20(22)21-11-5-7-13-23(21)24/h4-7,10-13,18-19,24,26H,3,8-9,14-17H2,1-2H3,(H,29,34)(H,31,32)/t18-,26-/m0/s1. The Morgan fingerprint density at radius 2 is 1.66 bits per heavy atom. The van der Waals surface area contributed by atoms with Gasteiger partial charge in [-0.05, 0) is 46.9 Å². The number of alkyl carbamates (subject to hydrolysis) is 1. The predicted octanol–water partition coefficient (Wildman–Crippen LogP) is 4.65. The summed E-state index contributed by atoms with van der Waals surface area (Å²) < 4.78 is 5.67. The summed E-state index contributed by atoms with van der Waals surface area (Å²) in [7, 11) is 0. The minimum atomic E-state index is -0.790. The van der Waals surface area contributed by atoms with Gasteiger partial charge in [-0.2, -0.15) is 0 Å². The molecule has 0 saturated carbocycles. The van der Waals surface area contributed by atoms with Crippen LogP contribution >= 0.6 is 0 Å². The van der Waals surface area contributed by atoms with Crippen molar-refractivity contribution in [3.05, 3.63) is 59.7 Å². The third-order valence-electron chi connectivity index (χ3n) is 7.37. The van der Waals surface area contributed by atoms with E-state index in [4.69, 9.17) is 9.84 Å². The van der Waals surface area contributed by atoms with E-state index in [0.29, 0.717) is 25.4 Å². The van der Waals surface area contributed by atoms with Gasteiger partial charge >= 0.3 is 12.1 Å². The minimum absolute atomic E-state index is 0.0333. The fraction of sp³-hybridized carbons (Fsp3) is 0.464. The van der Waals surface area contributed by atoms with Crippen molar-refractivity contribution in [2.75, 3.05) is 19.7 Å². The van der Waals surface area contributed by atoms with E-state index in [0.717, 1.165) is 24.0 Å². The van der Waals surface area contributed by atoms with E-state index >= 15 is 0 Å². The van der Waals surface area contributed by atoms with Crippen LogP contribution in [0.1, 0.15) is 56.6 Å². The molecule has 1 fully saturated rings. The molecule has 0 spiro atoms. The average molecular weight is 479 g/mol. The average Bonchev–Trinajstić information content (AvgIpc) is 3.15. The molecule has 1 heterocycles. The van der Waals surface area contributed by atoms with Crippen LogP contribution in [-0.4, -0.2) is 53.7 Å². The molecule has 7 nitrogen and oxygen atoms in total. The fourth-order valence-corrected chi connectivity index (χ4v) is 5.12. The Kier molecular flexibility index (Phi) is 7.73. The molecule has 0 unspecified atom stereocenters. The van der Waals surface area contributed by atoms with E-state index in [9.17, 15) is 14.4 Å². The van der Waals surface area contributed by atoms with Crippen LogP contribution in [0.4, 0.5) is 4.79 Å². The summed E-state index contributed by atoms with van der Waals surface area (Å²) in [5, 5.41) is 11.6. The van der Waals surface area contributed by atoms with Crippen molar-refractivity contribution >= 4 is 18.0 Å². The molecule has 2 aromatic carbocycles. The van der Waals surface area contributed by atoms with Crippen LogP contribution in [0.15, 0.2) is 48.5 Å². The molecule has 1 aliphatic heterocycles. The first kappa shape index (κ1) is 24.8. The topological polar surface area (TPSA) is 95.9 Å². The summed E-state index contributed by atoms with van der Waals surface area (Å²) >= 11 is 0. The van der Waals surface area contributed by atoms with E-state index in [1.807, 2.05) is 38.1 Å². The number of fused-ring (bicyclic) bond motifs is 3. The molecule has 2 aromatic rings. The van der Waals surface area contributed by atoms with E-state index in [1.165, 1.54) is 11.1 Å². The Bertz CT molecular complexity index is 1030. The number of benzene rings is 2. The van der Waals surface area contributed by atoms with Gasteiger partial charge in [0.25, 0.3) is 0 Å². The summed E-state index contributed by atoms with van der Waals surface area (Å²) in [6, 6.07) is 15.7. The Morgan fingerprint density at radius 3 is 2.23 bits per heavy atom. The molecule has 7 heteroatoms. The number of nitrogens with zero attached hydrogens (tertiary/aromatic N) is 1. The van der Waals surface area contributed by atoms with Crippen molar-refractivity contribution in [3.8, 4) is 11.1 Å². The van der Waals surface area contributed by atoms with Crippen LogP contribution in [0.25, 0.3) is 11.1 Å². The first-order valence-electron chi connectivity index (χ1n) is 12.5. The number of ether oxygens (including phenoxy) is 1. The first-order valence-corrected chi connectivity index (χ1v) is 12.5. The largest absolute Gasteiger partial charge is 0.481 e. The zero-order valence-corrected chi connectivity index (χ0v) is 20.4. The highest BCUT2D eigenvalue weighted by atomic mass is 16.5.